The molecule has 0 N–H and O–H groups in total. The van der Waals surface area contributed by atoms with E-state index >= 15 is 0 Å². The Labute approximate surface area is 193 Å². The normalized spacial score (nSPS) is 17.1. The Morgan fingerprint density at radius 1 is 1.19 bits per heavy atom. The Kier molecular flexibility index (Phi) is 6.84. The van der Waals surface area contributed by atoms with E-state index in [1.165, 1.54) is 18.9 Å². The van der Waals surface area contributed by atoms with Crippen molar-refractivity contribution in [3.8, 4) is 5.75 Å². The van der Waals surface area contributed by atoms with Crippen LogP contribution in [0.4, 0.5) is 0 Å². The fraction of sp³-hybridized carbons (Fsp3) is 0.400. The average molecular weight is 453 g/mol. The molecule has 0 spiro atoms. The number of carbonyl (C=O) groups is 2. The predicted octanol–water partition coefficient (Wildman–Crippen LogP) is 4.21. The SMILES string of the molecule is COC(=O)CSCc1c(O[C@@](C)(c2ccccc2)N2C=NCC2)ccc2c1CCCC2=O. The first-order chi connectivity index (χ1) is 15.5. The van der Waals surface area contributed by atoms with Crippen LogP contribution in [-0.4, -0.2) is 48.9 Å². The molecule has 1 aliphatic heterocycles. The third-order valence-corrected chi connectivity index (χ3v) is 7.00. The summed E-state index contributed by atoms with van der Waals surface area (Å²) in [7, 11) is 1.39. The van der Waals surface area contributed by atoms with Crippen LogP contribution < -0.4 is 4.74 Å². The van der Waals surface area contributed by atoms with Crippen molar-refractivity contribution in [2.45, 2.75) is 37.7 Å². The minimum atomic E-state index is -0.754. The van der Waals surface area contributed by atoms with Crippen molar-refractivity contribution in [2.24, 2.45) is 4.99 Å². The molecular formula is C25H28N2O4S. The lowest BCUT2D eigenvalue weighted by Crippen LogP contribution is -2.47. The first-order valence-electron chi connectivity index (χ1n) is 10.9. The van der Waals surface area contributed by atoms with Gasteiger partial charge in [-0.3, -0.25) is 14.6 Å². The van der Waals surface area contributed by atoms with Gasteiger partial charge in [-0.25, -0.2) is 0 Å². The van der Waals surface area contributed by atoms with Crippen LogP contribution in [0.2, 0.25) is 0 Å². The number of benzene rings is 2. The zero-order chi connectivity index (χ0) is 22.6. The van der Waals surface area contributed by atoms with Gasteiger partial charge in [0.2, 0.25) is 5.72 Å². The van der Waals surface area contributed by atoms with Crippen molar-refractivity contribution >= 4 is 29.9 Å². The van der Waals surface area contributed by atoms with E-state index in [1.54, 1.807) is 0 Å². The largest absolute Gasteiger partial charge is 0.468 e. The lowest BCUT2D eigenvalue weighted by molar-refractivity contribution is -0.137. The molecule has 0 saturated heterocycles. The summed E-state index contributed by atoms with van der Waals surface area (Å²) in [5.41, 5.74) is 3.08. The monoisotopic (exact) mass is 452 g/mol. The van der Waals surface area contributed by atoms with Crippen LogP contribution >= 0.6 is 11.8 Å². The lowest BCUT2D eigenvalue weighted by Gasteiger charge is -2.39. The number of rotatable bonds is 8. The average Bonchev–Trinajstić information content (AvgIpc) is 3.36. The molecule has 1 heterocycles. The van der Waals surface area contributed by atoms with Gasteiger partial charge in [0.25, 0.3) is 0 Å². The summed E-state index contributed by atoms with van der Waals surface area (Å²) in [6.45, 7) is 3.54. The second-order valence-corrected chi connectivity index (χ2v) is 9.07. The zero-order valence-corrected chi connectivity index (χ0v) is 19.3. The summed E-state index contributed by atoms with van der Waals surface area (Å²) >= 11 is 1.48. The van der Waals surface area contributed by atoms with E-state index in [-0.39, 0.29) is 17.5 Å². The molecule has 2 aromatic rings. The van der Waals surface area contributed by atoms with Crippen LogP contribution in [0.3, 0.4) is 0 Å². The van der Waals surface area contributed by atoms with Gasteiger partial charge in [-0.2, -0.15) is 0 Å². The number of nitrogens with zero attached hydrogens (tertiary/aromatic N) is 2. The number of Topliss-reactive ketones (excluding diaryl/α,β-unsaturated/α-hetero) is 1. The number of fused-ring (bicyclic) bond motifs is 1. The molecule has 1 aliphatic carbocycles. The third-order valence-electron chi connectivity index (χ3n) is 6.07. The van der Waals surface area contributed by atoms with Crippen LogP contribution in [0, 0.1) is 0 Å². The second kappa shape index (κ2) is 9.77. The van der Waals surface area contributed by atoms with E-state index in [9.17, 15) is 9.59 Å². The van der Waals surface area contributed by atoms with E-state index in [0.717, 1.165) is 53.9 Å². The topological polar surface area (TPSA) is 68.2 Å². The minimum absolute atomic E-state index is 0.175. The molecule has 0 fully saturated rings. The number of esters is 1. The molecule has 7 heteroatoms. The summed E-state index contributed by atoms with van der Waals surface area (Å²) in [4.78, 5) is 30.7. The van der Waals surface area contributed by atoms with Crippen LogP contribution in [0.25, 0.3) is 0 Å². The van der Waals surface area contributed by atoms with Crippen molar-refractivity contribution in [3.05, 3.63) is 64.7 Å². The molecule has 0 bridgehead atoms. The number of aliphatic imine (C=N–C) groups is 1. The van der Waals surface area contributed by atoms with Crippen molar-refractivity contribution < 1.29 is 19.1 Å². The maximum absolute atomic E-state index is 12.5. The molecule has 168 valence electrons. The molecule has 0 saturated carbocycles. The Morgan fingerprint density at radius 2 is 2.00 bits per heavy atom. The van der Waals surface area contributed by atoms with Crippen LogP contribution in [-0.2, 0) is 27.4 Å². The first kappa shape index (κ1) is 22.4. The van der Waals surface area contributed by atoms with Gasteiger partial charge >= 0.3 is 5.97 Å². The Hall–Kier alpha value is -2.80. The number of hydrogen-bond acceptors (Lipinski definition) is 7. The summed E-state index contributed by atoms with van der Waals surface area (Å²) < 4.78 is 11.6. The maximum Gasteiger partial charge on any atom is 0.315 e. The van der Waals surface area contributed by atoms with E-state index < -0.39 is 5.72 Å². The fourth-order valence-electron chi connectivity index (χ4n) is 4.28. The molecule has 2 aliphatic rings. The number of hydrogen-bond donors (Lipinski definition) is 0. The molecular weight excluding hydrogens is 424 g/mol. The number of methoxy groups -OCH3 is 1. The van der Waals surface area contributed by atoms with Gasteiger partial charge < -0.3 is 14.4 Å². The van der Waals surface area contributed by atoms with Gasteiger partial charge in [0.05, 0.1) is 25.7 Å². The molecule has 4 rings (SSSR count). The number of ketones is 1. The van der Waals surface area contributed by atoms with Crippen LogP contribution in [0.5, 0.6) is 5.75 Å². The summed E-state index contributed by atoms with van der Waals surface area (Å²) in [6, 6.07) is 13.9. The quantitative estimate of drug-likeness (QED) is 0.559. The molecule has 2 aromatic carbocycles. The number of ether oxygens (including phenoxy) is 2. The van der Waals surface area contributed by atoms with Gasteiger partial charge in [0.15, 0.2) is 5.78 Å². The van der Waals surface area contributed by atoms with Crippen molar-refractivity contribution in [1.29, 1.82) is 0 Å². The van der Waals surface area contributed by atoms with Gasteiger partial charge in [0.1, 0.15) is 5.75 Å². The third kappa shape index (κ3) is 4.53. The molecule has 1 atom stereocenters. The van der Waals surface area contributed by atoms with Gasteiger partial charge in [-0.15, -0.1) is 11.8 Å². The Balaban J connectivity index is 1.73. The highest BCUT2D eigenvalue weighted by atomic mass is 32.2. The smallest absolute Gasteiger partial charge is 0.315 e. The number of carbonyl (C=O) groups excluding carboxylic acids is 2. The highest BCUT2D eigenvalue weighted by Gasteiger charge is 2.37. The second-order valence-electron chi connectivity index (χ2n) is 8.08. The lowest BCUT2D eigenvalue weighted by atomic mass is 9.87. The summed E-state index contributed by atoms with van der Waals surface area (Å²) in [5.74, 6) is 1.47. The number of thioether (sulfide) groups is 1. The molecule has 32 heavy (non-hydrogen) atoms. The highest BCUT2D eigenvalue weighted by Crippen LogP contribution is 2.39. The molecule has 6 nitrogen and oxygen atoms in total. The Morgan fingerprint density at radius 3 is 2.72 bits per heavy atom. The predicted molar refractivity (Wildman–Crippen MR) is 126 cm³/mol. The van der Waals surface area contributed by atoms with Gasteiger partial charge in [0, 0.05) is 35.4 Å². The minimum Gasteiger partial charge on any atom is -0.468 e. The van der Waals surface area contributed by atoms with Gasteiger partial charge in [-0.1, -0.05) is 30.3 Å². The van der Waals surface area contributed by atoms with E-state index in [0.29, 0.717) is 12.2 Å². The molecule has 0 unspecified atom stereocenters. The highest BCUT2D eigenvalue weighted by molar-refractivity contribution is 7.99. The van der Waals surface area contributed by atoms with E-state index in [1.807, 2.05) is 36.7 Å². The van der Waals surface area contributed by atoms with Crippen molar-refractivity contribution in [1.82, 2.24) is 4.90 Å². The van der Waals surface area contributed by atoms with Gasteiger partial charge in [-0.05, 0) is 37.5 Å². The van der Waals surface area contributed by atoms with Crippen LogP contribution in [0.15, 0.2) is 47.5 Å². The summed E-state index contributed by atoms with van der Waals surface area (Å²) in [5, 5.41) is 0. The van der Waals surface area contributed by atoms with Crippen LogP contribution in [0.1, 0.15) is 46.8 Å². The van der Waals surface area contributed by atoms with E-state index in [2.05, 4.69) is 28.9 Å². The standard InChI is InChI=1S/C25H28N2O4S/c1-25(27-14-13-26-17-27,18-7-4-3-5-8-18)31-23-12-11-20-19(9-6-10-22(20)28)21(23)15-32-16-24(29)30-2/h3-5,7-8,11-12,17H,6,9-10,13-16H2,1-2H3/t25-/m0/s1. The zero-order valence-electron chi connectivity index (χ0n) is 18.5. The Bertz CT molecular complexity index is 1020. The summed E-state index contributed by atoms with van der Waals surface area (Å²) in [6.07, 6.45) is 4.09. The van der Waals surface area contributed by atoms with E-state index in [4.69, 9.17) is 9.47 Å². The van der Waals surface area contributed by atoms with Crippen molar-refractivity contribution in [2.75, 3.05) is 26.0 Å². The molecule has 0 radical (unpaired) electrons. The first-order valence-corrected chi connectivity index (χ1v) is 12.0. The molecule has 0 aromatic heterocycles. The maximum atomic E-state index is 12.5. The fourth-order valence-corrected chi connectivity index (χ4v) is 5.18. The van der Waals surface area contributed by atoms with Crippen molar-refractivity contribution in [3.63, 3.8) is 0 Å². The molecule has 0 amide bonds.